The molecule has 2 N–H and O–H groups in total. The molecular weight excluding hydrogens is 427 g/mol. The molecule has 0 aliphatic carbocycles. The van der Waals surface area contributed by atoms with Crippen LogP contribution in [0, 0.1) is 0 Å². The zero-order valence-electron chi connectivity index (χ0n) is 15.9. The summed E-state index contributed by atoms with van der Waals surface area (Å²) < 4.78 is 5.95. The standard InChI is InChI=1S/C19H32N4O.HI/c1-5-15(3)23(4)12-11-21-19(20-6-2)22-14-17-13-16-9-7-8-10-18(16)24-17;/h7-10,15,17H,5-6,11-14H2,1-4H3,(H2,20,21,22);1H. The van der Waals surface area contributed by atoms with Crippen LogP contribution in [0.4, 0.5) is 0 Å². The van der Waals surface area contributed by atoms with Gasteiger partial charge in [0.2, 0.25) is 0 Å². The Balaban J connectivity index is 0.00000312. The van der Waals surface area contributed by atoms with E-state index in [0.29, 0.717) is 12.6 Å². The maximum atomic E-state index is 5.95. The van der Waals surface area contributed by atoms with Gasteiger partial charge in [0, 0.05) is 32.1 Å². The van der Waals surface area contributed by atoms with Gasteiger partial charge in [-0.05, 0) is 38.9 Å². The molecule has 0 aromatic heterocycles. The third-order valence-electron chi connectivity index (χ3n) is 4.61. The second kappa shape index (κ2) is 11.6. The molecule has 1 aliphatic heterocycles. The van der Waals surface area contributed by atoms with Crippen LogP contribution in [0.3, 0.4) is 0 Å². The zero-order valence-corrected chi connectivity index (χ0v) is 18.2. The van der Waals surface area contributed by atoms with Gasteiger partial charge in [-0.25, -0.2) is 4.99 Å². The lowest BCUT2D eigenvalue weighted by Gasteiger charge is -2.24. The Bertz CT molecular complexity index is 513. The van der Waals surface area contributed by atoms with Crippen molar-refractivity contribution in [2.24, 2.45) is 4.99 Å². The summed E-state index contributed by atoms with van der Waals surface area (Å²) in [5.74, 6) is 1.88. The largest absolute Gasteiger partial charge is 0.488 e. The summed E-state index contributed by atoms with van der Waals surface area (Å²) >= 11 is 0. The number of ether oxygens (including phenoxy) is 1. The van der Waals surface area contributed by atoms with E-state index >= 15 is 0 Å². The highest BCUT2D eigenvalue weighted by Gasteiger charge is 2.21. The number of hydrogen-bond acceptors (Lipinski definition) is 3. The summed E-state index contributed by atoms with van der Waals surface area (Å²) in [5, 5.41) is 6.73. The fraction of sp³-hybridized carbons (Fsp3) is 0.632. The molecule has 0 saturated carbocycles. The molecule has 0 bridgehead atoms. The van der Waals surface area contributed by atoms with E-state index in [0.717, 1.165) is 37.8 Å². The van der Waals surface area contributed by atoms with Crippen LogP contribution in [0.25, 0.3) is 0 Å². The summed E-state index contributed by atoms with van der Waals surface area (Å²) in [6, 6.07) is 8.86. The van der Waals surface area contributed by atoms with Gasteiger partial charge in [0.1, 0.15) is 11.9 Å². The molecule has 0 radical (unpaired) electrons. The van der Waals surface area contributed by atoms with Crippen molar-refractivity contribution in [3.8, 4) is 5.75 Å². The minimum absolute atomic E-state index is 0. The number of para-hydroxylation sites is 1. The Morgan fingerprint density at radius 2 is 2.08 bits per heavy atom. The van der Waals surface area contributed by atoms with Gasteiger partial charge in [-0.15, -0.1) is 24.0 Å². The first kappa shape index (κ1) is 22.0. The monoisotopic (exact) mass is 460 g/mol. The van der Waals surface area contributed by atoms with Crippen LogP contribution in [0.5, 0.6) is 5.75 Å². The smallest absolute Gasteiger partial charge is 0.191 e. The molecule has 25 heavy (non-hydrogen) atoms. The van der Waals surface area contributed by atoms with E-state index in [2.05, 4.69) is 55.5 Å². The first-order valence-corrected chi connectivity index (χ1v) is 9.11. The molecule has 1 aliphatic rings. The molecule has 142 valence electrons. The molecule has 0 amide bonds. The summed E-state index contributed by atoms with van der Waals surface area (Å²) in [5.41, 5.74) is 1.28. The van der Waals surface area contributed by atoms with Crippen LogP contribution in [0.15, 0.2) is 29.3 Å². The second-order valence-corrected chi connectivity index (χ2v) is 6.44. The number of hydrogen-bond donors (Lipinski definition) is 2. The second-order valence-electron chi connectivity index (χ2n) is 6.44. The highest BCUT2D eigenvalue weighted by atomic mass is 127. The van der Waals surface area contributed by atoms with Crippen LogP contribution in [-0.2, 0) is 6.42 Å². The van der Waals surface area contributed by atoms with Gasteiger partial charge in [0.15, 0.2) is 5.96 Å². The van der Waals surface area contributed by atoms with Crippen molar-refractivity contribution in [1.82, 2.24) is 15.5 Å². The van der Waals surface area contributed by atoms with Crippen molar-refractivity contribution in [2.45, 2.75) is 45.8 Å². The van der Waals surface area contributed by atoms with Gasteiger partial charge >= 0.3 is 0 Å². The number of guanidine groups is 1. The van der Waals surface area contributed by atoms with Gasteiger partial charge in [0.05, 0.1) is 6.54 Å². The van der Waals surface area contributed by atoms with E-state index in [1.54, 1.807) is 0 Å². The first-order valence-electron chi connectivity index (χ1n) is 9.11. The summed E-state index contributed by atoms with van der Waals surface area (Å²) in [4.78, 5) is 7.06. The quantitative estimate of drug-likeness (QED) is 0.356. The molecule has 0 fully saturated rings. The predicted octanol–water partition coefficient (Wildman–Crippen LogP) is 2.89. The first-order chi connectivity index (χ1) is 11.6. The highest BCUT2D eigenvalue weighted by molar-refractivity contribution is 14.0. The molecule has 2 atom stereocenters. The lowest BCUT2D eigenvalue weighted by Crippen LogP contribution is -2.42. The van der Waals surface area contributed by atoms with E-state index in [9.17, 15) is 0 Å². The molecule has 6 heteroatoms. The van der Waals surface area contributed by atoms with Crippen molar-refractivity contribution >= 4 is 29.9 Å². The molecule has 1 heterocycles. The van der Waals surface area contributed by atoms with Crippen LogP contribution in [0.2, 0.25) is 0 Å². The van der Waals surface area contributed by atoms with Crippen molar-refractivity contribution < 1.29 is 4.74 Å². The summed E-state index contributed by atoms with van der Waals surface area (Å²) in [6.45, 7) is 9.99. The van der Waals surface area contributed by atoms with Crippen molar-refractivity contribution in [1.29, 1.82) is 0 Å². The number of likely N-dealkylation sites (N-methyl/N-ethyl adjacent to an activating group) is 1. The minimum Gasteiger partial charge on any atom is -0.488 e. The fourth-order valence-corrected chi connectivity index (χ4v) is 2.77. The molecule has 2 unspecified atom stereocenters. The number of benzene rings is 1. The van der Waals surface area contributed by atoms with Gasteiger partial charge in [-0.3, -0.25) is 0 Å². The highest BCUT2D eigenvalue weighted by Crippen LogP contribution is 2.28. The van der Waals surface area contributed by atoms with Crippen molar-refractivity contribution in [3.63, 3.8) is 0 Å². The van der Waals surface area contributed by atoms with E-state index in [4.69, 9.17) is 9.73 Å². The Hall–Kier alpha value is -1.02. The maximum absolute atomic E-state index is 5.95. The van der Waals surface area contributed by atoms with E-state index in [1.165, 1.54) is 12.0 Å². The Kier molecular flexibility index (Phi) is 10.2. The topological polar surface area (TPSA) is 48.9 Å². The van der Waals surface area contributed by atoms with Gasteiger partial charge < -0.3 is 20.3 Å². The van der Waals surface area contributed by atoms with E-state index < -0.39 is 0 Å². The molecule has 1 aromatic rings. The number of nitrogens with zero attached hydrogens (tertiary/aromatic N) is 2. The Morgan fingerprint density at radius 3 is 2.76 bits per heavy atom. The maximum Gasteiger partial charge on any atom is 0.191 e. The number of rotatable bonds is 8. The minimum atomic E-state index is 0. The molecule has 2 rings (SSSR count). The zero-order chi connectivity index (χ0) is 17.4. The molecule has 5 nitrogen and oxygen atoms in total. The summed E-state index contributed by atoms with van der Waals surface area (Å²) in [6.07, 6.45) is 2.25. The number of nitrogens with one attached hydrogen (secondary N) is 2. The van der Waals surface area contributed by atoms with Gasteiger partial charge in [0.25, 0.3) is 0 Å². The molecule has 1 aromatic carbocycles. The van der Waals surface area contributed by atoms with E-state index in [1.807, 2.05) is 12.1 Å². The Morgan fingerprint density at radius 1 is 1.32 bits per heavy atom. The molecular formula is C19H33IN4O. The number of aliphatic imine (C=N–C) groups is 1. The number of fused-ring (bicyclic) bond motifs is 1. The molecule has 0 spiro atoms. The third kappa shape index (κ3) is 7.01. The SMILES string of the molecule is CCNC(=NCC1Cc2ccccc2O1)NCCN(C)C(C)CC.I. The van der Waals surface area contributed by atoms with Crippen molar-refractivity contribution in [2.75, 3.05) is 33.2 Å². The van der Waals surface area contributed by atoms with E-state index in [-0.39, 0.29) is 30.1 Å². The summed E-state index contributed by atoms with van der Waals surface area (Å²) in [7, 11) is 2.17. The average Bonchev–Trinajstić information content (AvgIpc) is 3.01. The number of halogens is 1. The van der Waals surface area contributed by atoms with Crippen molar-refractivity contribution in [3.05, 3.63) is 29.8 Å². The lowest BCUT2D eigenvalue weighted by atomic mass is 10.1. The fourth-order valence-electron chi connectivity index (χ4n) is 2.77. The normalized spacial score (nSPS) is 17.5. The molecule has 0 saturated heterocycles. The lowest BCUT2D eigenvalue weighted by molar-refractivity contribution is 0.241. The predicted molar refractivity (Wildman–Crippen MR) is 116 cm³/mol. The third-order valence-corrected chi connectivity index (χ3v) is 4.61. The Labute approximate surface area is 169 Å². The average molecular weight is 460 g/mol. The van der Waals surface area contributed by atoms with Crippen LogP contribution in [0.1, 0.15) is 32.8 Å². The van der Waals surface area contributed by atoms with Crippen LogP contribution < -0.4 is 15.4 Å². The van der Waals surface area contributed by atoms with Crippen LogP contribution >= 0.6 is 24.0 Å². The van der Waals surface area contributed by atoms with Gasteiger partial charge in [-0.1, -0.05) is 25.1 Å². The van der Waals surface area contributed by atoms with Gasteiger partial charge in [-0.2, -0.15) is 0 Å². The van der Waals surface area contributed by atoms with Crippen LogP contribution in [-0.4, -0.2) is 56.2 Å².